The van der Waals surface area contributed by atoms with Crippen LogP contribution in [0.2, 0.25) is 0 Å². The molecule has 0 radical (unpaired) electrons. The lowest BCUT2D eigenvalue weighted by atomic mass is 9.87. The van der Waals surface area contributed by atoms with Crippen molar-refractivity contribution in [2.75, 3.05) is 13.1 Å². The zero-order valence-corrected chi connectivity index (χ0v) is 10.1. The molecule has 1 saturated carbocycles. The normalized spacial score (nSPS) is 26.9. The van der Waals surface area contributed by atoms with Gasteiger partial charge in [0, 0.05) is 19.0 Å². The highest BCUT2D eigenvalue weighted by molar-refractivity contribution is 5.76. The van der Waals surface area contributed by atoms with E-state index in [1.54, 1.807) is 0 Å². The fraction of sp³-hybridized carbons (Fsp3) is 0.923. The molecule has 1 atom stereocenters. The summed E-state index contributed by atoms with van der Waals surface area (Å²) in [4.78, 5) is 11.7. The monoisotopic (exact) mass is 224 g/mol. The van der Waals surface area contributed by atoms with Crippen molar-refractivity contribution in [3.63, 3.8) is 0 Å². The van der Waals surface area contributed by atoms with Gasteiger partial charge in [0.15, 0.2) is 0 Å². The van der Waals surface area contributed by atoms with Crippen molar-refractivity contribution in [1.29, 1.82) is 0 Å². The van der Waals surface area contributed by atoms with Gasteiger partial charge < -0.3 is 10.6 Å². The summed E-state index contributed by atoms with van der Waals surface area (Å²) in [6.07, 6.45) is 9.75. The number of carbonyl (C=O) groups is 1. The largest absolute Gasteiger partial charge is 0.355 e. The van der Waals surface area contributed by atoms with Crippen LogP contribution in [0.4, 0.5) is 0 Å². The van der Waals surface area contributed by atoms with Crippen LogP contribution in [0.5, 0.6) is 0 Å². The second kappa shape index (κ2) is 6.24. The summed E-state index contributed by atoms with van der Waals surface area (Å²) in [6, 6.07) is 0.523. The topological polar surface area (TPSA) is 41.1 Å². The molecule has 1 aliphatic heterocycles. The minimum Gasteiger partial charge on any atom is -0.355 e. The molecule has 1 unspecified atom stereocenters. The first-order valence-electron chi connectivity index (χ1n) is 6.84. The third-order valence-electron chi connectivity index (χ3n) is 3.91. The molecule has 0 aromatic rings. The minimum absolute atomic E-state index is 0.264. The van der Waals surface area contributed by atoms with Crippen LogP contribution in [0.3, 0.4) is 0 Å². The molecule has 1 heterocycles. The maximum Gasteiger partial charge on any atom is 0.220 e. The van der Waals surface area contributed by atoms with Crippen LogP contribution < -0.4 is 10.6 Å². The van der Waals surface area contributed by atoms with Gasteiger partial charge in [-0.3, -0.25) is 4.79 Å². The molecule has 2 fully saturated rings. The van der Waals surface area contributed by atoms with Crippen molar-refractivity contribution in [3.8, 4) is 0 Å². The van der Waals surface area contributed by atoms with Gasteiger partial charge in [-0.15, -0.1) is 0 Å². The Morgan fingerprint density at radius 1 is 1.12 bits per heavy atom. The molecule has 1 saturated heterocycles. The highest BCUT2D eigenvalue weighted by atomic mass is 16.1. The SMILES string of the molecule is O=C(CC1CCCCC1)NCC1CCCN1. The highest BCUT2D eigenvalue weighted by Gasteiger charge is 2.18. The average molecular weight is 224 g/mol. The van der Waals surface area contributed by atoms with Crippen LogP contribution in [-0.2, 0) is 4.79 Å². The van der Waals surface area contributed by atoms with Crippen molar-refractivity contribution in [3.05, 3.63) is 0 Å². The third kappa shape index (κ3) is 3.78. The standard InChI is InChI=1S/C13H24N2O/c16-13(9-11-5-2-1-3-6-11)15-10-12-7-4-8-14-12/h11-12,14H,1-10H2,(H,15,16). The van der Waals surface area contributed by atoms with E-state index in [0.717, 1.165) is 19.5 Å². The van der Waals surface area contributed by atoms with Gasteiger partial charge in [-0.05, 0) is 38.1 Å². The molecule has 3 heteroatoms. The van der Waals surface area contributed by atoms with Gasteiger partial charge in [-0.2, -0.15) is 0 Å². The quantitative estimate of drug-likeness (QED) is 0.765. The van der Waals surface area contributed by atoms with Gasteiger partial charge in [-0.25, -0.2) is 0 Å². The van der Waals surface area contributed by atoms with Gasteiger partial charge in [0.2, 0.25) is 5.91 Å². The van der Waals surface area contributed by atoms with Crippen molar-refractivity contribution in [2.24, 2.45) is 5.92 Å². The summed E-state index contributed by atoms with van der Waals surface area (Å²) in [5, 5.41) is 6.47. The van der Waals surface area contributed by atoms with Crippen LogP contribution in [0.25, 0.3) is 0 Å². The van der Waals surface area contributed by atoms with Gasteiger partial charge in [0.1, 0.15) is 0 Å². The summed E-state index contributed by atoms with van der Waals surface area (Å²) in [6.45, 7) is 1.94. The van der Waals surface area contributed by atoms with Crippen LogP contribution in [-0.4, -0.2) is 25.0 Å². The third-order valence-corrected chi connectivity index (χ3v) is 3.91. The summed E-state index contributed by atoms with van der Waals surface area (Å²) in [7, 11) is 0. The van der Waals surface area contributed by atoms with Crippen LogP contribution in [0.1, 0.15) is 51.4 Å². The molecule has 3 nitrogen and oxygen atoms in total. The van der Waals surface area contributed by atoms with Gasteiger partial charge in [0.05, 0.1) is 0 Å². The first-order valence-corrected chi connectivity index (χ1v) is 6.84. The molecule has 2 N–H and O–H groups in total. The Bertz CT molecular complexity index is 218. The number of rotatable bonds is 4. The summed E-state index contributed by atoms with van der Waals surface area (Å²) in [5.74, 6) is 0.922. The molecule has 0 spiro atoms. The smallest absolute Gasteiger partial charge is 0.220 e. The maximum absolute atomic E-state index is 11.7. The second-order valence-electron chi connectivity index (χ2n) is 5.31. The van der Waals surface area contributed by atoms with E-state index >= 15 is 0 Å². The molecule has 2 aliphatic rings. The summed E-state index contributed by atoms with van der Waals surface area (Å²) >= 11 is 0. The summed E-state index contributed by atoms with van der Waals surface area (Å²) < 4.78 is 0. The Kier molecular flexibility index (Phi) is 4.64. The first-order chi connectivity index (χ1) is 7.84. The second-order valence-corrected chi connectivity index (χ2v) is 5.31. The fourth-order valence-electron chi connectivity index (χ4n) is 2.89. The van der Waals surface area contributed by atoms with E-state index in [2.05, 4.69) is 10.6 Å². The number of amides is 1. The average Bonchev–Trinajstić information content (AvgIpc) is 2.81. The zero-order chi connectivity index (χ0) is 11.2. The van der Waals surface area contributed by atoms with Crippen molar-refractivity contribution >= 4 is 5.91 Å². The number of carbonyl (C=O) groups excluding carboxylic acids is 1. The molecular weight excluding hydrogens is 200 g/mol. The Morgan fingerprint density at radius 2 is 1.94 bits per heavy atom. The predicted octanol–water partition coefficient (Wildman–Crippen LogP) is 1.82. The van der Waals surface area contributed by atoms with Crippen LogP contribution in [0.15, 0.2) is 0 Å². The van der Waals surface area contributed by atoms with E-state index in [1.807, 2.05) is 0 Å². The lowest BCUT2D eigenvalue weighted by Gasteiger charge is -2.21. The molecule has 0 bridgehead atoms. The first kappa shape index (κ1) is 11.9. The van der Waals surface area contributed by atoms with E-state index in [-0.39, 0.29) is 5.91 Å². The Balaban J connectivity index is 1.59. The lowest BCUT2D eigenvalue weighted by molar-refractivity contribution is -0.122. The molecule has 0 aromatic carbocycles. The number of hydrogen-bond donors (Lipinski definition) is 2. The maximum atomic E-state index is 11.7. The molecule has 1 amide bonds. The van der Waals surface area contributed by atoms with Gasteiger partial charge in [0.25, 0.3) is 0 Å². The van der Waals surface area contributed by atoms with E-state index in [4.69, 9.17) is 0 Å². The molecular formula is C13H24N2O. The highest BCUT2D eigenvalue weighted by Crippen LogP contribution is 2.25. The van der Waals surface area contributed by atoms with Crippen molar-refractivity contribution in [1.82, 2.24) is 10.6 Å². The molecule has 92 valence electrons. The predicted molar refractivity (Wildman–Crippen MR) is 65.2 cm³/mol. The Morgan fingerprint density at radius 3 is 2.62 bits per heavy atom. The summed E-state index contributed by atoms with van der Waals surface area (Å²) in [5.41, 5.74) is 0. The zero-order valence-electron chi connectivity index (χ0n) is 10.1. The molecule has 0 aromatic heterocycles. The lowest BCUT2D eigenvalue weighted by Crippen LogP contribution is -2.37. The Labute approximate surface area is 98.4 Å². The van der Waals surface area contributed by atoms with E-state index in [0.29, 0.717) is 12.0 Å². The van der Waals surface area contributed by atoms with Crippen molar-refractivity contribution in [2.45, 2.75) is 57.4 Å². The van der Waals surface area contributed by atoms with E-state index in [9.17, 15) is 4.79 Å². The van der Waals surface area contributed by atoms with E-state index < -0.39 is 0 Å². The fourth-order valence-corrected chi connectivity index (χ4v) is 2.89. The van der Waals surface area contributed by atoms with Gasteiger partial charge in [-0.1, -0.05) is 19.3 Å². The van der Waals surface area contributed by atoms with E-state index in [1.165, 1.54) is 44.9 Å². The Hall–Kier alpha value is -0.570. The molecule has 2 rings (SSSR count). The van der Waals surface area contributed by atoms with Crippen LogP contribution in [0, 0.1) is 5.92 Å². The molecule has 1 aliphatic carbocycles. The van der Waals surface area contributed by atoms with Gasteiger partial charge >= 0.3 is 0 Å². The number of nitrogens with one attached hydrogen (secondary N) is 2. The van der Waals surface area contributed by atoms with Crippen LogP contribution >= 0.6 is 0 Å². The number of hydrogen-bond acceptors (Lipinski definition) is 2. The van der Waals surface area contributed by atoms with Crippen molar-refractivity contribution < 1.29 is 4.79 Å². The minimum atomic E-state index is 0.264. The molecule has 16 heavy (non-hydrogen) atoms.